The summed E-state index contributed by atoms with van der Waals surface area (Å²) in [5, 5.41) is 3.66. The predicted molar refractivity (Wildman–Crippen MR) is 152 cm³/mol. The van der Waals surface area contributed by atoms with E-state index in [9.17, 15) is 9.59 Å². The maximum atomic E-state index is 13.4. The van der Waals surface area contributed by atoms with Crippen molar-refractivity contribution in [1.82, 2.24) is 29.2 Å². The summed E-state index contributed by atoms with van der Waals surface area (Å²) < 4.78 is 8.89. The second-order valence-electron chi connectivity index (χ2n) is 10.2. The Labute approximate surface area is 230 Å². The molecule has 6 heterocycles. The molecule has 0 unspecified atom stereocenters. The van der Waals surface area contributed by atoms with Crippen LogP contribution in [0, 0.1) is 0 Å². The lowest BCUT2D eigenvalue weighted by molar-refractivity contribution is -0.121. The van der Waals surface area contributed by atoms with E-state index in [1.807, 2.05) is 24.3 Å². The van der Waals surface area contributed by atoms with E-state index in [1.54, 1.807) is 32.6 Å². The summed E-state index contributed by atoms with van der Waals surface area (Å²) in [5.41, 5.74) is 2.23. The zero-order valence-corrected chi connectivity index (χ0v) is 22.2. The van der Waals surface area contributed by atoms with E-state index in [4.69, 9.17) is 14.7 Å². The van der Waals surface area contributed by atoms with Crippen molar-refractivity contribution >= 4 is 40.1 Å². The minimum absolute atomic E-state index is 0.0203. The first-order valence-corrected chi connectivity index (χ1v) is 13.4. The van der Waals surface area contributed by atoms with Crippen LogP contribution < -0.4 is 25.4 Å². The average Bonchev–Trinajstić information content (AvgIpc) is 3.23. The Morgan fingerprint density at radius 2 is 1.75 bits per heavy atom. The molecule has 204 valence electrons. The third-order valence-corrected chi connectivity index (χ3v) is 7.58. The number of benzene rings is 1. The Morgan fingerprint density at radius 1 is 0.925 bits per heavy atom. The quantitative estimate of drug-likeness (QED) is 0.391. The number of ether oxygens (including phenoxy) is 1. The van der Waals surface area contributed by atoms with Gasteiger partial charge in [0.05, 0.1) is 6.54 Å². The van der Waals surface area contributed by atoms with Crippen LogP contribution in [0.5, 0.6) is 5.75 Å². The molecule has 0 aliphatic carbocycles. The van der Waals surface area contributed by atoms with E-state index in [0.29, 0.717) is 53.9 Å². The van der Waals surface area contributed by atoms with E-state index >= 15 is 0 Å². The zero-order chi connectivity index (χ0) is 27.2. The number of amides is 1. The molecular formula is C28H29N9O3. The molecule has 7 rings (SSSR count). The van der Waals surface area contributed by atoms with Crippen LogP contribution in [0.2, 0.25) is 0 Å². The van der Waals surface area contributed by atoms with Crippen LogP contribution in [-0.4, -0.2) is 81.5 Å². The number of carbonyl (C=O) groups excluding carboxylic acids is 1. The van der Waals surface area contributed by atoms with Gasteiger partial charge in [-0.1, -0.05) is 12.2 Å². The number of nitrogens with one attached hydrogen (secondary N) is 1. The first kappa shape index (κ1) is 24.3. The molecule has 40 heavy (non-hydrogen) atoms. The largest absolute Gasteiger partial charge is 0.480 e. The van der Waals surface area contributed by atoms with Gasteiger partial charge in [-0.2, -0.15) is 4.98 Å². The molecular weight excluding hydrogens is 510 g/mol. The lowest BCUT2D eigenvalue weighted by atomic mass is 10.2. The van der Waals surface area contributed by atoms with Gasteiger partial charge in [0, 0.05) is 50.3 Å². The van der Waals surface area contributed by atoms with Gasteiger partial charge >= 0.3 is 0 Å². The van der Waals surface area contributed by atoms with Crippen molar-refractivity contribution in [1.29, 1.82) is 0 Å². The second-order valence-corrected chi connectivity index (χ2v) is 10.2. The van der Waals surface area contributed by atoms with Gasteiger partial charge in [-0.05, 0) is 49.9 Å². The molecule has 1 fully saturated rings. The number of nitrogens with zero attached hydrogens (tertiary/aromatic N) is 8. The van der Waals surface area contributed by atoms with Crippen LogP contribution in [0.25, 0.3) is 16.9 Å². The van der Waals surface area contributed by atoms with Gasteiger partial charge in [0.2, 0.25) is 5.95 Å². The highest BCUT2D eigenvalue weighted by Gasteiger charge is 2.28. The molecule has 0 radical (unpaired) electrons. The molecule has 0 spiro atoms. The normalized spacial score (nSPS) is 17.4. The molecule has 12 heteroatoms. The lowest BCUT2D eigenvalue weighted by Crippen LogP contribution is -2.44. The van der Waals surface area contributed by atoms with Crippen molar-refractivity contribution in [3.8, 4) is 11.6 Å². The maximum Gasteiger partial charge on any atom is 0.278 e. The summed E-state index contributed by atoms with van der Waals surface area (Å²) in [7, 11) is 2.15. The van der Waals surface area contributed by atoms with Gasteiger partial charge < -0.3 is 19.9 Å². The average molecular weight is 540 g/mol. The first-order valence-electron chi connectivity index (χ1n) is 13.4. The molecule has 1 N–H and O–H groups in total. The fourth-order valence-electron chi connectivity index (χ4n) is 5.35. The van der Waals surface area contributed by atoms with Crippen LogP contribution in [0.3, 0.4) is 0 Å². The van der Waals surface area contributed by atoms with Crippen LogP contribution >= 0.6 is 0 Å². The number of hydrogen-bond donors (Lipinski definition) is 1. The van der Waals surface area contributed by atoms with Crippen LogP contribution in [-0.2, 0) is 11.3 Å². The molecule has 2 bridgehead atoms. The number of carbonyl (C=O) groups is 1. The van der Waals surface area contributed by atoms with Crippen molar-refractivity contribution < 1.29 is 9.53 Å². The molecule has 0 atom stereocenters. The highest BCUT2D eigenvalue weighted by Crippen LogP contribution is 2.32. The standard InChI is InChI=1S/C28H29N9O3/c1-33-13-15-34(16-14-33)20-7-5-19(6-8-20)30-28-29-17-21-25(32-28)37-23-10-9-22-26(31-23)35(24(38)18-40-22)11-3-2-4-12-36(37)27(21)39/h2,4-10,17H,3,11-16,18H2,1H3,(H,29,30,32). The van der Waals surface area contributed by atoms with Crippen molar-refractivity contribution in [2.45, 2.75) is 13.0 Å². The highest BCUT2D eigenvalue weighted by atomic mass is 16.5. The molecule has 3 aromatic heterocycles. The number of pyridine rings is 1. The summed E-state index contributed by atoms with van der Waals surface area (Å²) in [5.74, 6) is 1.66. The van der Waals surface area contributed by atoms with E-state index in [-0.39, 0.29) is 18.1 Å². The van der Waals surface area contributed by atoms with Gasteiger partial charge in [-0.3, -0.25) is 14.5 Å². The number of hydrogen-bond acceptors (Lipinski definition) is 9. The Morgan fingerprint density at radius 3 is 2.58 bits per heavy atom. The molecule has 0 saturated carbocycles. The van der Waals surface area contributed by atoms with E-state index < -0.39 is 0 Å². The lowest BCUT2D eigenvalue weighted by Gasteiger charge is -2.34. The number of aromatic nitrogens is 5. The van der Waals surface area contributed by atoms with Crippen molar-refractivity contribution in [3.63, 3.8) is 0 Å². The number of rotatable bonds is 3. The number of allylic oxidation sites excluding steroid dienone is 1. The van der Waals surface area contributed by atoms with E-state index in [1.165, 1.54) is 5.69 Å². The fraction of sp³-hybridized carbons (Fsp3) is 0.321. The Balaban J connectivity index is 1.26. The Hall–Kier alpha value is -4.71. The first-order chi connectivity index (χ1) is 19.5. The number of fused-ring (bicyclic) bond motifs is 5. The predicted octanol–water partition coefficient (Wildman–Crippen LogP) is 2.16. The smallest absolute Gasteiger partial charge is 0.278 e. The summed E-state index contributed by atoms with van der Waals surface area (Å²) in [6.07, 6.45) is 6.07. The summed E-state index contributed by atoms with van der Waals surface area (Å²) >= 11 is 0. The van der Waals surface area contributed by atoms with Crippen LogP contribution in [0.4, 0.5) is 23.1 Å². The minimum Gasteiger partial charge on any atom is -0.480 e. The van der Waals surface area contributed by atoms with Crippen molar-refractivity contribution in [2.24, 2.45) is 0 Å². The van der Waals surface area contributed by atoms with Crippen molar-refractivity contribution in [3.05, 3.63) is 65.1 Å². The van der Waals surface area contributed by atoms with Gasteiger partial charge in [-0.15, -0.1) is 0 Å². The summed E-state index contributed by atoms with van der Waals surface area (Å²) in [6, 6.07) is 11.8. The van der Waals surface area contributed by atoms with E-state index in [0.717, 1.165) is 31.9 Å². The fourth-order valence-corrected chi connectivity index (χ4v) is 5.35. The van der Waals surface area contributed by atoms with Gasteiger partial charge in [0.15, 0.2) is 29.6 Å². The Kier molecular flexibility index (Phi) is 5.96. The molecule has 1 aromatic carbocycles. The number of likely N-dealkylation sites (N-methyl/N-ethyl adjacent to an activating group) is 1. The monoisotopic (exact) mass is 539 g/mol. The second kappa shape index (κ2) is 9.79. The highest BCUT2D eigenvalue weighted by molar-refractivity contribution is 5.96. The van der Waals surface area contributed by atoms with Gasteiger partial charge in [-0.25, -0.2) is 19.3 Å². The number of piperazine rings is 1. The van der Waals surface area contributed by atoms with Gasteiger partial charge in [0.1, 0.15) is 5.39 Å². The summed E-state index contributed by atoms with van der Waals surface area (Å²) in [4.78, 5) is 46.4. The molecule has 3 aliphatic rings. The summed E-state index contributed by atoms with van der Waals surface area (Å²) in [6.45, 7) is 4.89. The molecule has 1 saturated heterocycles. The minimum atomic E-state index is -0.217. The number of anilines is 4. The topological polar surface area (TPSA) is 114 Å². The maximum absolute atomic E-state index is 13.4. The zero-order valence-electron chi connectivity index (χ0n) is 22.2. The third kappa shape index (κ3) is 4.26. The van der Waals surface area contributed by atoms with E-state index in [2.05, 4.69) is 39.3 Å². The molecule has 12 nitrogen and oxygen atoms in total. The molecule has 1 amide bonds. The van der Waals surface area contributed by atoms with Crippen molar-refractivity contribution in [2.75, 3.05) is 61.5 Å². The SMILES string of the molecule is CN1CCN(c2ccc(Nc3ncc4c(=O)n5n(c4n3)-c3ccc4c(n3)N(CCC=CC5)C(=O)CO4)cc2)CC1. The third-order valence-electron chi connectivity index (χ3n) is 7.58. The molecule has 3 aliphatic heterocycles. The van der Waals surface area contributed by atoms with Gasteiger partial charge in [0.25, 0.3) is 11.5 Å². The Bertz CT molecular complexity index is 1680. The van der Waals surface area contributed by atoms with Crippen LogP contribution in [0.1, 0.15) is 6.42 Å². The van der Waals surface area contributed by atoms with Crippen LogP contribution in [0.15, 0.2) is 59.5 Å². The molecule has 4 aromatic rings.